The largest absolute Gasteiger partial charge is 0.340 e. The number of nitrogens with zero attached hydrogens (tertiary/aromatic N) is 3. The molecule has 150 valence electrons. The van der Waals surface area contributed by atoms with Crippen LogP contribution in [0.3, 0.4) is 0 Å². The molecule has 0 saturated carbocycles. The Morgan fingerprint density at radius 1 is 0.897 bits per heavy atom. The molecule has 7 heteroatoms. The molecule has 0 aromatic heterocycles. The molecule has 0 aliphatic carbocycles. The Balaban J connectivity index is 1.30. The maximum Gasteiger partial charge on any atom is 0.293 e. The van der Waals surface area contributed by atoms with Crippen molar-refractivity contribution in [2.24, 2.45) is 0 Å². The van der Waals surface area contributed by atoms with E-state index in [9.17, 15) is 14.4 Å². The highest BCUT2D eigenvalue weighted by Gasteiger charge is 2.42. The number of benzene rings is 2. The third kappa shape index (κ3) is 4.52. The van der Waals surface area contributed by atoms with Crippen LogP contribution in [0.25, 0.3) is 0 Å². The van der Waals surface area contributed by atoms with Crippen LogP contribution in [0.2, 0.25) is 0 Å². The Hall–Kier alpha value is -2.64. The summed E-state index contributed by atoms with van der Waals surface area (Å²) in [6, 6.07) is 19.1. The summed E-state index contributed by atoms with van der Waals surface area (Å²) < 4.78 is 0. The standard InChI is InChI=1S/C22H23N3O3S/c26-20(24-13-11-23(12-14-24)16-17-7-3-1-4-8-17)15-19-21(27)25(22(28)29-19)18-9-5-2-6-10-18/h1-10,19H,11-16H2. The molecule has 6 nitrogen and oxygen atoms in total. The lowest BCUT2D eigenvalue weighted by atomic mass is 10.2. The predicted octanol–water partition coefficient (Wildman–Crippen LogP) is 2.99. The maximum absolute atomic E-state index is 12.7. The van der Waals surface area contributed by atoms with Crippen LogP contribution in [0.1, 0.15) is 12.0 Å². The van der Waals surface area contributed by atoms with Gasteiger partial charge in [0, 0.05) is 39.1 Å². The fraction of sp³-hybridized carbons (Fsp3) is 0.318. The van der Waals surface area contributed by atoms with Crippen molar-refractivity contribution in [3.8, 4) is 0 Å². The van der Waals surface area contributed by atoms with Gasteiger partial charge in [0.25, 0.3) is 5.24 Å². The molecule has 0 bridgehead atoms. The van der Waals surface area contributed by atoms with Crippen molar-refractivity contribution < 1.29 is 14.4 Å². The summed E-state index contributed by atoms with van der Waals surface area (Å²) in [7, 11) is 0. The zero-order chi connectivity index (χ0) is 20.2. The Kier molecular flexibility index (Phi) is 5.97. The molecule has 2 fully saturated rings. The van der Waals surface area contributed by atoms with Crippen LogP contribution in [0.15, 0.2) is 60.7 Å². The number of imide groups is 1. The molecule has 1 atom stereocenters. The highest BCUT2D eigenvalue weighted by Crippen LogP contribution is 2.33. The maximum atomic E-state index is 12.7. The molecule has 2 aliphatic heterocycles. The lowest BCUT2D eigenvalue weighted by molar-refractivity contribution is -0.134. The van der Waals surface area contributed by atoms with E-state index in [4.69, 9.17) is 0 Å². The van der Waals surface area contributed by atoms with E-state index >= 15 is 0 Å². The van der Waals surface area contributed by atoms with Gasteiger partial charge >= 0.3 is 0 Å². The molecule has 0 radical (unpaired) electrons. The van der Waals surface area contributed by atoms with Gasteiger partial charge in [-0.3, -0.25) is 19.3 Å². The van der Waals surface area contributed by atoms with Crippen molar-refractivity contribution >= 4 is 34.5 Å². The number of thioether (sulfide) groups is 1. The second-order valence-corrected chi connectivity index (χ2v) is 8.38. The highest BCUT2D eigenvalue weighted by atomic mass is 32.2. The van der Waals surface area contributed by atoms with Crippen molar-refractivity contribution in [1.29, 1.82) is 0 Å². The van der Waals surface area contributed by atoms with Gasteiger partial charge < -0.3 is 4.90 Å². The average molecular weight is 410 g/mol. The molecule has 1 unspecified atom stereocenters. The van der Waals surface area contributed by atoms with Gasteiger partial charge in [-0.05, 0) is 29.5 Å². The summed E-state index contributed by atoms with van der Waals surface area (Å²) in [6.07, 6.45) is 0.0667. The van der Waals surface area contributed by atoms with Crippen LogP contribution in [0.5, 0.6) is 0 Å². The Bertz CT molecular complexity index is 883. The fourth-order valence-corrected chi connectivity index (χ4v) is 4.66. The summed E-state index contributed by atoms with van der Waals surface area (Å²) >= 11 is 0.951. The van der Waals surface area contributed by atoms with E-state index < -0.39 is 5.25 Å². The van der Waals surface area contributed by atoms with Crippen molar-refractivity contribution in [2.75, 3.05) is 31.1 Å². The summed E-state index contributed by atoms with van der Waals surface area (Å²) in [5, 5.41) is -0.954. The molecule has 2 aliphatic rings. The SMILES string of the molecule is O=C(CC1SC(=O)N(c2ccccc2)C1=O)N1CCN(Cc2ccccc2)CC1. The molecule has 2 aromatic rings. The number of amides is 3. The van der Waals surface area contributed by atoms with E-state index in [1.807, 2.05) is 29.2 Å². The zero-order valence-electron chi connectivity index (χ0n) is 16.1. The van der Waals surface area contributed by atoms with Gasteiger partial charge in [0.2, 0.25) is 11.8 Å². The average Bonchev–Trinajstić information content (AvgIpc) is 3.03. The first-order valence-electron chi connectivity index (χ1n) is 9.75. The predicted molar refractivity (Wildman–Crippen MR) is 114 cm³/mol. The van der Waals surface area contributed by atoms with Gasteiger partial charge in [-0.2, -0.15) is 0 Å². The van der Waals surface area contributed by atoms with E-state index in [1.54, 1.807) is 24.3 Å². The molecule has 3 amide bonds. The monoisotopic (exact) mass is 409 g/mol. The number of para-hydroxylation sites is 1. The molecule has 0 N–H and O–H groups in total. The van der Waals surface area contributed by atoms with Crippen LogP contribution >= 0.6 is 11.8 Å². The number of carbonyl (C=O) groups excluding carboxylic acids is 3. The second-order valence-electron chi connectivity index (χ2n) is 7.23. The smallest absolute Gasteiger partial charge is 0.293 e. The number of carbonyl (C=O) groups is 3. The lowest BCUT2D eigenvalue weighted by Crippen LogP contribution is -2.49. The molecular weight excluding hydrogens is 386 g/mol. The molecule has 29 heavy (non-hydrogen) atoms. The molecule has 4 rings (SSSR count). The minimum atomic E-state index is -0.641. The van der Waals surface area contributed by atoms with E-state index in [1.165, 1.54) is 10.5 Å². The van der Waals surface area contributed by atoms with Crippen LogP contribution < -0.4 is 4.90 Å². The van der Waals surface area contributed by atoms with E-state index in [2.05, 4.69) is 17.0 Å². The van der Waals surface area contributed by atoms with Crippen LogP contribution in [0, 0.1) is 0 Å². The zero-order valence-corrected chi connectivity index (χ0v) is 16.9. The van der Waals surface area contributed by atoms with Gasteiger partial charge in [0.05, 0.1) is 5.69 Å². The van der Waals surface area contributed by atoms with E-state index in [-0.39, 0.29) is 23.5 Å². The van der Waals surface area contributed by atoms with Crippen molar-refractivity contribution in [2.45, 2.75) is 18.2 Å². The second kappa shape index (κ2) is 8.80. The first-order chi connectivity index (χ1) is 14.1. The molecule has 2 saturated heterocycles. The third-order valence-corrected chi connectivity index (χ3v) is 6.31. The number of hydrogen-bond acceptors (Lipinski definition) is 5. The topological polar surface area (TPSA) is 60.9 Å². The van der Waals surface area contributed by atoms with Crippen LogP contribution in [-0.4, -0.2) is 58.3 Å². The van der Waals surface area contributed by atoms with Crippen molar-refractivity contribution in [1.82, 2.24) is 9.80 Å². The van der Waals surface area contributed by atoms with Gasteiger partial charge in [-0.25, -0.2) is 4.90 Å². The lowest BCUT2D eigenvalue weighted by Gasteiger charge is -2.35. The van der Waals surface area contributed by atoms with Gasteiger partial charge in [0.1, 0.15) is 5.25 Å². The van der Waals surface area contributed by atoms with Gasteiger partial charge in [0.15, 0.2) is 0 Å². The van der Waals surface area contributed by atoms with Gasteiger partial charge in [-0.15, -0.1) is 0 Å². The molecule has 2 aromatic carbocycles. The van der Waals surface area contributed by atoms with Crippen molar-refractivity contribution in [3.05, 3.63) is 66.2 Å². The number of anilines is 1. The summed E-state index contributed by atoms with van der Waals surface area (Å²) in [6.45, 7) is 3.78. The first kappa shape index (κ1) is 19.7. The third-order valence-electron chi connectivity index (χ3n) is 5.27. The van der Waals surface area contributed by atoms with E-state index in [0.717, 1.165) is 31.4 Å². The van der Waals surface area contributed by atoms with Crippen LogP contribution in [-0.2, 0) is 16.1 Å². The number of hydrogen-bond donors (Lipinski definition) is 0. The number of rotatable bonds is 5. The Labute approximate surface area is 174 Å². The molecule has 0 spiro atoms. The van der Waals surface area contributed by atoms with E-state index in [0.29, 0.717) is 18.8 Å². The fourth-order valence-electron chi connectivity index (χ4n) is 3.68. The quantitative estimate of drug-likeness (QED) is 0.760. The first-order valence-corrected chi connectivity index (χ1v) is 10.6. The normalized spacial score (nSPS) is 20.3. The molecular formula is C22H23N3O3S. The Morgan fingerprint density at radius 2 is 1.52 bits per heavy atom. The summed E-state index contributed by atoms with van der Waals surface area (Å²) in [5.74, 6) is -0.361. The summed E-state index contributed by atoms with van der Waals surface area (Å²) in [5.41, 5.74) is 1.82. The minimum Gasteiger partial charge on any atom is -0.340 e. The minimum absolute atomic E-state index is 0.0575. The van der Waals surface area contributed by atoms with Crippen LogP contribution in [0.4, 0.5) is 10.5 Å². The van der Waals surface area contributed by atoms with Crippen molar-refractivity contribution in [3.63, 3.8) is 0 Å². The summed E-state index contributed by atoms with van der Waals surface area (Å²) in [4.78, 5) is 43.0. The Morgan fingerprint density at radius 3 is 2.17 bits per heavy atom. The van der Waals surface area contributed by atoms with Gasteiger partial charge in [-0.1, -0.05) is 48.5 Å². The highest BCUT2D eigenvalue weighted by molar-refractivity contribution is 8.15. The molecule has 2 heterocycles. The number of piperazine rings is 1.